The summed E-state index contributed by atoms with van der Waals surface area (Å²) < 4.78 is 0. The van der Waals surface area contributed by atoms with Crippen molar-refractivity contribution in [2.45, 2.75) is 26.3 Å². The van der Waals surface area contributed by atoms with Gasteiger partial charge in [0.2, 0.25) is 0 Å². The molecular formula is C20H22N2. The fraction of sp³-hybridized carbons (Fsp3) is 0.300. The van der Waals surface area contributed by atoms with Crippen molar-refractivity contribution in [3.8, 4) is 0 Å². The lowest BCUT2D eigenvalue weighted by atomic mass is 10.0. The van der Waals surface area contributed by atoms with Crippen LogP contribution in [0.5, 0.6) is 0 Å². The quantitative estimate of drug-likeness (QED) is 0.816. The van der Waals surface area contributed by atoms with Gasteiger partial charge in [0, 0.05) is 42.8 Å². The van der Waals surface area contributed by atoms with Gasteiger partial charge in [-0.3, -0.25) is 0 Å². The Hall–Kier alpha value is -2.22. The van der Waals surface area contributed by atoms with Crippen molar-refractivity contribution in [2.75, 3.05) is 23.4 Å². The summed E-state index contributed by atoms with van der Waals surface area (Å²) in [5.74, 6) is 0. The second kappa shape index (κ2) is 4.91. The number of rotatable bonds is 2. The average Bonchev–Trinajstić information content (AvgIpc) is 3.08. The number of aryl methyl sites for hydroxylation is 1. The minimum atomic E-state index is 0.937. The van der Waals surface area contributed by atoms with Crippen LogP contribution in [0.2, 0.25) is 0 Å². The lowest BCUT2D eigenvalue weighted by molar-refractivity contribution is 0.955. The molecule has 2 aromatic rings. The van der Waals surface area contributed by atoms with E-state index >= 15 is 0 Å². The third kappa shape index (κ3) is 1.94. The van der Waals surface area contributed by atoms with Crippen LogP contribution in [-0.4, -0.2) is 13.6 Å². The molecule has 0 atom stereocenters. The van der Waals surface area contributed by atoms with Crippen LogP contribution in [0.25, 0.3) is 5.70 Å². The Morgan fingerprint density at radius 1 is 1.09 bits per heavy atom. The molecule has 0 N–H and O–H groups in total. The van der Waals surface area contributed by atoms with Crippen molar-refractivity contribution in [3.63, 3.8) is 0 Å². The molecular weight excluding hydrogens is 268 g/mol. The second-order valence-electron chi connectivity index (χ2n) is 6.36. The van der Waals surface area contributed by atoms with Gasteiger partial charge in [0.25, 0.3) is 0 Å². The van der Waals surface area contributed by atoms with Gasteiger partial charge in [-0.25, -0.2) is 0 Å². The van der Waals surface area contributed by atoms with Gasteiger partial charge in [0.05, 0.1) is 0 Å². The molecule has 4 rings (SSSR count). The molecule has 0 amide bonds. The number of nitrogens with zero attached hydrogens (tertiary/aromatic N) is 2. The van der Waals surface area contributed by atoms with E-state index in [1.807, 2.05) is 0 Å². The molecule has 0 saturated carbocycles. The molecule has 0 bridgehead atoms. The van der Waals surface area contributed by atoms with E-state index in [0.29, 0.717) is 0 Å². The molecule has 112 valence electrons. The Morgan fingerprint density at radius 3 is 2.77 bits per heavy atom. The highest BCUT2D eigenvalue weighted by molar-refractivity contribution is 5.85. The maximum atomic E-state index is 4.35. The molecule has 2 aromatic carbocycles. The van der Waals surface area contributed by atoms with Crippen molar-refractivity contribution in [1.82, 2.24) is 0 Å². The smallest absolute Gasteiger partial charge is 0.0488 e. The third-order valence-electron chi connectivity index (χ3n) is 5.05. The maximum absolute atomic E-state index is 4.35. The Bertz CT molecular complexity index is 760. The fourth-order valence-corrected chi connectivity index (χ4v) is 3.63. The third-order valence-corrected chi connectivity index (χ3v) is 5.05. The molecule has 2 aliphatic heterocycles. The van der Waals surface area contributed by atoms with Crippen LogP contribution in [0.3, 0.4) is 0 Å². The van der Waals surface area contributed by atoms with Crippen LogP contribution in [0.1, 0.15) is 29.2 Å². The summed E-state index contributed by atoms with van der Waals surface area (Å²) in [6.45, 7) is 8.62. The van der Waals surface area contributed by atoms with Crippen LogP contribution < -0.4 is 9.80 Å². The van der Waals surface area contributed by atoms with Crippen molar-refractivity contribution in [2.24, 2.45) is 0 Å². The fourth-order valence-electron chi connectivity index (χ4n) is 3.63. The first kappa shape index (κ1) is 13.4. The molecule has 0 unspecified atom stereocenters. The monoisotopic (exact) mass is 290 g/mol. The first-order valence-electron chi connectivity index (χ1n) is 8.10. The van der Waals surface area contributed by atoms with Gasteiger partial charge < -0.3 is 9.80 Å². The lowest BCUT2D eigenvalue weighted by Gasteiger charge is -2.21. The number of likely N-dealkylation sites (N-methyl/N-ethyl adjacent to an activating group) is 1. The number of hydrogen-bond donors (Lipinski definition) is 0. The number of benzene rings is 2. The van der Waals surface area contributed by atoms with Crippen LogP contribution in [0, 0.1) is 0 Å². The number of hydrogen-bond acceptors (Lipinski definition) is 2. The summed E-state index contributed by atoms with van der Waals surface area (Å²) in [6, 6.07) is 13.6. The van der Waals surface area contributed by atoms with E-state index in [2.05, 4.69) is 66.7 Å². The molecule has 0 aromatic heterocycles. The van der Waals surface area contributed by atoms with Gasteiger partial charge >= 0.3 is 0 Å². The van der Waals surface area contributed by atoms with E-state index in [0.717, 1.165) is 31.6 Å². The molecule has 0 aliphatic carbocycles. The standard InChI is InChI=1S/C20H22N2/c1-4-15-5-6-17-13-22(14(2)19(17)11-15)18-7-8-20-16(12-18)9-10-21(20)3/h5-8,11-12H,2,4,9-10,13H2,1,3H3. The van der Waals surface area contributed by atoms with Gasteiger partial charge in [-0.05, 0) is 53.8 Å². The molecule has 0 radical (unpaired) electrons. The molecule has 2 heterocycles. The Kier molecular flexibility index (Phi) is 3.00. The summed E-state index contributed by atoms with van der Waals surface area (Å²) in [5.41, 5.74) is 9.33. The summed E-state index contributed by atoms with van der Waals surface area (Å²) in [6.07, 6.45) is 2.22. The molecule has 2 aliphatic rings. The summed E-state index contributed by atoms with van der Waals surface area (Å²) in [5, 5.41) is 0. The Balaban J connectivity index is 1.69. The molecule has 0 fully saturated rings. The minimum absolute atomic E-state index is 0.937. The van der Waals surface area contributed by atoms with Crippen molar-refractivity contribution in [1.29, 1.82) is 0 Å². The van der Waals surface area contributed by atoms with E-state index < -0.39 is 0 Å². The first-order valence-corrected chi connectivity index (χ1v) is 8.10. The minimum Gasteiger partial charge on any atom is -0.374 e. The number of anilines is 2. The SMILES string of the molecule is C=C1c2cc(CC)ccc2CN1c1ccc2c(c1)CCN2C. The zero-order valence-electron chi connectivity index (χ0n) is 13.4. The first-order chi connectivity index (χ1) is 10.7. The predicted molar refractivity (Wildman–Crippen MR) is 94.5 cm³/mol. The van der Waals surface area contributed by atoms with Crippen LogP contribution in [0.15, 0.2) is 43.0 Å². The molecule has 0 saturated heterocycles. The van der Waals surface area contributed by atoms with E-state index in [9.17, 15) is 0 Å². The Morgan fingerprint density at radius 2 is 1.95 bits per heavy atom. The van der Waals surface area contributed by atoms with E-state index in [-0.39, 0.29) is 0 Å². The van der Waals surface area contributed by atoms with E-state index in [1.54, 1.807) is 0 Å². The topological polar surface area (TPSA) is 6.48 Å². The molecule has 2 nitrogen and oxygen atoms in total. The van der Waals surface area contributed by atoms with Crippen molar-refractivity contribution in [3.05, 3.63) is 65.2 Å². The van der Waals surface area contributed by atoms with Crippen molar-refractivity contribution >= 4 is 17.1 Å². The summed E-state index contributed by atoms with van der Waals surface area (Å²) >= 11 is 0. The average molecular weight is 290 g/mol. The highest BCUT2D eigenvalue weighted by Gasteiger charge is 2.25. The zero-order valence-corrected chi connectivity index (χ0v) is 13.4. The summed E-state index contributed by atoms with van der Waals surface area (Å²) in [4.78, 5) is 4.68. The van der Waals surface area contributed by atoms with Gasteiger partial charge in [0.15, 0.2) is 0 Å². The van der Waals surface area contributed by atoms with Gasteiger partial charge in [-0.2, -0.15) is 0 Å². The molecule has 0 spiro atoms. The normalized spacial score (nSPS) is 16.2. The van der Waals surface area contributed by atoms with Gasteiger partial charge in [-0.1, -0.05) is 25.6 Å². The highest BCUT2D eigenvalue weighted by Crippen LogP contribution is 2.39. The van der Waals surface area contributed by atoms with Crippen LogP contribution >= 0.6 is 0 Å². The van der Waals surface area contributed by atoms with Crippen molar-refractivity contribution < 1.29 is 0 Å². The maximum Gasteiger partial charge on any atom is 0.0488 e. The second-order valence-corrected chi connectivity index (χ2v) is 6.36. The predicted octanol–water partition coefficient (Wildman–Crippen LogP) is 4.23. The van der Waals surface area contributed by atoms with E-state index in [1.165, 1.54) is 33.6 Å². The largest absolute Gasteiger partial charge is 0.374 e. The number of fused-ring (bicyclic) bond motifs is 2. The highest BCUT2D eigenvalue weighted by atomic mass is 15.2. The summed E-state index contributed by atoms with van der Waals surface area (Å²) in [7, 11) is 2.17. The molecule has 22 heavy (non-hydrogen) atoms. The lowest BCUT2D eigenvalue weighted by Crippen LogP contribution is -2.14. The molecule has 2 heteroatoms. The van der Waals surface area contributed by atoms with Gasteiger partial charge in [-0.15, -0.1) is 0 Å². The Labute approximate surface area is 132 Å². The zero-order chi connectivity index (χ0) is 15.3. The van der Waals surface area contributed by atoms with Crippen LogP contribution in [-0.2, 0) is 19.4 Å². The van der Waals surface area contributed by atoms with E-state index in [4.69, 9.17) is 0 Å². The van der Waals surface area contributed by atoms with Crippen LogP contribution in [0.4, 0.5) is 11.4 Å². The van der Waals surface area contributed by atoms with Gasteiger partial charge in [0.1, 0.15) is 0 Å².